The zero-order chi connectivity index (χ0) is 21.5. The van der Waals surface area contributed by atoms with Gasteiger partial charge in [-0.2, -0.15) is 4.31 Å². The van der Waals surface area contributed by atoms with Crippen molar-refractivity contribution in [3.05, 3.63) is 48.0 Å². The van der Waals surface area contributed by atoms with E-state index >= 15 is 0 Å². The lowest BCUT2D eigenvalue weighted by Crippen LogP contribution is -2.55. The summed E-state index contributed by atoms with van der Waals surface area (Å²) in [5.41, 5.74) is 0.139. The number of carbonyl (C=O) groups is 1. The van der Waals surface area contributed by atoms with Crippen molar-refractivity contribution < 1.29 is 17.9 Å². The minimum atomic E-state index is -3.58. The van der Waals surface area contributed by atoms with Gasteiger partial charge in [-0.25, -0.2) is 13.4 Å². The van der Waals surface area contributed by atoms with E-state index in [4.69, 9.17) is 4.74 Å². The summed E-state index contributed by atoms with van der Waals surface area (Å²) in [6.07, 6.45) is 3.82. The average molecular weight is 433 g/mol. The summed E-state index contributed by atoms with van der Waals surface area (Å²) in [7, 11) is -3.58. The molecule has 9 heteroatoms. The predicted molar refractivity (Wildman–Crippen MR) is 111 cm³/mol. The van der Waals surface area contributed by atoms with E-state index in [0.29, 0.717) is 37.4 Å². The van der Waals surface area contributed by atoms with Crippen molar-refractivity contribution >= 4 is 15.9 Å². The maximum atomic E-state index is 13.1. The molecule has 0 saturated carbocycles. The van der Waals surface area contributed by atoms with Gasteiger partial charge in [0.15, 0.2) is 6.10 Å². The first-order chi connectivity index (χ1) is 14.2. The monoisotopic (exact) mass is 432 g/mol. The molecular formula is C21H28N4O4S. The van der Waals surface area contributed by atoms with E-state index < -0.39 is 21.7 Å². The van der Waals surface area contributed by atoms with Crippen LogP contribution in [0.15, 0.2) is 41.6 Å². The number of nitrogens with zero attached hydrogens (tertiary/aromatic N) is 3. The molecular weight excluding hydrogens is 404 g/mol. The third-order valence-electron chi connectivity index (χ3n) is 5.73. The lowest BCUT2D eigenvalue weighted by atomic mass is 9.89. The molecule has 1 aromatic heterocycles. The molecule has 0 unspecified atom stereocenters. The Hall–Kier alpha value is -2.23. The molecule has 2 aliphatic rings. The number of hydrogen-bond acceptors (Lipinski definition) is 5. The molecule has 2 aromatic rings. The van der Waals surface area contributed by atoms with Crippen LogP contribution in [0.1, 0.15) is 38.1 Å². The second-order valence-electron chi connectivity index (χ2n) is 8.39. The number of piperidine rings is 1. The Morgan fingerprint density at radius 3 is 2.70 bits per heavy atom. The molecule has 1 aromatic carbocycles. The number of rotatable bonds is 4. The van der Waals surface area contributed by atoms with Crippen LogP contribution in [-0.4, -0.2) is 53.4 Å². The molecule has 0 radical (unpaired) electrons. The van der Waals surface area contributed by atoms with Crippen LogP contribution in [0.5, 0.6) is 0 Å². The van der Waals surface area contributed by atoms with Crippen LogP contribution in [0.2, 0.25) is 0 Å². The summed E-state index contributed by atoms with van der Waals surface area (Å²) in [6.45, 7) is 6.72. The van der Waals surface area contributed by atoms with Gasteiger partial charge in [-0.1, -0.05) is 12.1 Å². The topological polar surface area (TPSA) is 93.5 Å². The number of imidazole rings is 1. The Kier molecular flexibility index (Phi) is 5.46. The summed E-state index contributed by atoms with van der Waals surface area (Å²) in [5, 5.41) is 2.91. The van der Waals surface area contributed by atoms with Gasteiger partial charge in [0.05, 0.1) is 11.4 Å². The minimum absolute atomic E-state index is 0.0163. The van der Waals surface area contributed by atoms with Crippen molar-refractivity contribution in [3.63, 3.8) is 0 Å². The molecule has 3 heterocycles. The standard InChI is InChI=1S/C21H28N4O4S/c1-15(2)23-19(26)18-14-24-12-9-22-20(24)21(29-18)7-10-25(11-8-21)30(27,28)17-6-4-5-16(3)13-17/h4-6,9,12-13,15,18H,7-8,10-11,14H2,1-3H3,(H,23,26)/t18-/m1/s1. The van der Waals surface area contributed by atoms with E-state index in [1.54, 1.807) is 24.4 Å². The quantitative estimate of drug-likeness (QED) is 0.795. The van der Waals surface area contributed by atoms with Crippen LogP contribution >= 0.6 is 0 Å². The summed E-state index contributed by atoms with van der Waals surface area (Å²) in [6, 6.07) is 6.97. The molecule has 30 heavy (non-hydrogen) atoms. The number of ether oxygens (including phenoxy) is 1. The molecule has 1 atom stereocenters. The van der Waals surface area contributed by atoms with E-state index in [1.807, 2.05) is 37.6 Å². The first-order valence-electron chi connectivity index (χ1n) is 10.3. The fourth-order valence-corrected chi connectivity index (χ4v) is 5.81. The number of sulfonamides is 1. The van der Waals surface area contributed by atoms with Gasteiger partial charge >= 0.3 is 0 Å². The normalized spacial score (nSPS) is 21.5. The Labute approximate surface area is 177 Å². The molecule has 162 valence electrons. The Balaban J connectivity index is 1.56. The molecule has 8 nitrogen and oxygen atoms in total. The first kappa shape index (κ1) is 21.0. The molecule has 1 amide bonds. The van der Waals surface area contributed by atoms with Crippen molar-refractivity contribution in [2.45, 2.75) is 62.8 Å². The van der Waals surface area contributed by atoms with Gasteiger partial charge in [0.25, 0.3) is 5.91 Å². The first-order valence-corrected chi connectivity index (χ1v) is 11.7. The molecule has 1 fully saturated rings. The summed E-state index contributed by atoms with van der Waals surface area (Å²) >= 11 is 0. The van der Waals surface area contributed by atoms with Crippen LogP contribution in [0.3, 0.4) is 0 Å². The Morgan fingerprint density at radius 2 is 2.03 bits per heavy atom. The van der Waals surface area contributed by atoms with Crippen molar-refractivity contribution in [3.8, 4) is 0 Å². The molecule has 1 spiro atoms. The third-order valence-corrected chi connectivity index (χ3v) is 7.63. The number of nitrogens with one attached hydrogen (secondary N) is 1. The zero-order valence-electron chi connectivity index (χ0n) is 17.5. The average Bonchev–Trinajstić information content (AvgIpc) is 3.17. The molecule has 2 aliphatic heterocycles. The number of fused-ring (bicyclic) bond motifs is 2. The van der Waals surface area contributed by atoms with Gasteiger partial charge in [0.1, 0.15) is 11.4 Å². The van der Waals surface area contributed by atoms with Crippen molar-refractivity contribution in [2.24, 2.45) is 0 Å². The van der Waals surface area contributed by atoms with Crippen LogP contribution < -0.4 is 5.32 Å². The summed E-state index contributed by atoms with van der Waals surface area (Å²) in [5.74, 6) is 0.613. The van der Waals surface area contributed by atoms with E-state index in [-0.39, 0.29) is 11.9 Å². The molecule has 0 aliphatic carbocycles. The second kappa shape index (κ2) is 7.79. The fourth-order valence-electron chi connectivity index (χ4n) is 4.26. The second-order valence-corrected chi connectivity index (χ2v) is 10.3. The third kappa shape index (κ3) is 3.77. The zero-order valence-corrected chi connectivity index (χ0v) is 18.4. The minimum Gasteiger partial charge on any atom is -0.352 e. The highest BCUT2D eigenvalue weighted by atomic mass is 32.2. The van der Waals surface area contributed by atoms with Crippen LogP contribution in [0.25, 0.3) is 0 Å². The molecule has 1 saturated heterocycles. The molecule has 0 bridgehead atoms. The maximum absolute atomic E-state index is 13.1. The summed E-state index contributed by atoms with van der Waals surface area (Å²) < 4.78 is 36.0. The number of hydrogen-bond donors (Lipinski definition) is 1. The van der Waals surface area contributed by atoms with Gasteiger partial charge in [0.2, 0.25) is 10.0 Å². The highest BCUT2D eigenvalue weighted by molar-refractivity contribution is 7.89. The number of carbonyl (C=O) groups excluding carboxylic acids is 1. The lowest BCUT2D eigenvalue weighted by Gasteiger charge is -2.45. The smallest absolute Gasteiger partial charge is 0.251 e. The van der Waals surface area contributed by atoms with Crippen LogP contribution in [0.4, 0.5) is 0 Å². The SMILES string of the molecule is Cc1cccc(S(=O)(=O)N2CCC3(CC2)O[C@@H](C(=O)NC(C)C)Cn2ccnc23)c1. The number of aryl methyl sites for hydroxylation is 1. The van der Waals surface area contributed by atoms with Gasteiger partial charge in [-0.05, 0) is 51.3 Å². The van der Waals surface area contributed by atoms with Crippen molar-refractivity contribution in [1.29, 1.82) is 0 Å². The van der Waals surface area contributed by atoms with E-state index in [9.17, 15) is 13.2 Å². The van der Waals surface area contributed by atoms with E-state index in [2.05, 4.69) is 10.3 Å². The van der Waals surface area contributed by atoms with E-state index in [0.717, 1.165) is 11.4 Å². The van der Waals surface area contributed by atoms with Crippen molar-refractivity contribution in [1.82, 2.24) is 19.2 Å². The Morgan fingerprint density at radius 1 is 1.30 bits per heavy atom. The fraction of sp³-hybridized carbons (Fsp3) is 0.524. The highest BCUT2D eigenvalue weighted by Gasteiger charge is 2.48. The summed E-state index contributed by atoms with van der Waals surface area (Å²) in [4.78, 5) is 17.4. The Bertz CT molecular complexity index is 1040. The molecule has 4 rings (SSSR count). The largest absolute Gasteiger partial charge is 0.352 e. The predicted octanol–water partition coefficient (Wildman–Crippen LogP) is 1.79. The number of amides is 1. The van der Waals surface area contributed by atoms with Crippen LogP contribution in [-0.2, 0) is 31.7 Å². The van der Waals surface area contributed by atoms with Gasteiger partial charge in [-0.15, -0.1) is 0 Å². The van der Waals surface area contributed by atoms with E-state index in [1.165, 1.54) is 4.31 Å². The number of benzene rings is 1. The van der Waals surface area contributed by atoms with Gasteiger partial charge in [-0.3, -0.25) is 4.79 Å². The lowest BCUT2D eigenvalue weighted by molar-refractivity contribution is -0.171. The highest BCUT2D eigenvalue weighted by Crippen LogP contribution is 2.41. The number of aromatic nitrogens is 2. The van der Waals surface area contributed by atoms with Crippen LogP contribution in [0, 0.1) is 6.92 Å². The van der Waals surface area contributed by atoms with Crippen molar-refractivity contribution in [2.75, 3.05) is 13.1 Å². The van der Waals surface area contributed by atoms with Gasteiger partial charge < -0.3 is 14.6 Å². The van der Waals surface area contributed by atoms with Gasteiger partial charge in [0, 0.05) is 31.5 Å². The molecule has 1 N–H and O–H groups in total. The maximum Gasteiger partial charge on any atom is 0.251 e.